The van der Waals surface area contributed by atoms with Gasteiger partial charge in [0.25, 0.3) is 0 Å². The lowest BCUT2D eigenvalue weighted by Crippen LogP contribution is -2.32. The van der Waals surface area contributed by atoms with Gasteiger partial charge < -0.3 is 15.8 Å². The highest BCUT2D eigenvalue weighted by molar-refractivity contribution is 5.67. The molecule has 0 aliphatic heterocycles. The van der Waals surface area contributed by atoms with Crippen molar-refractivity contribution in [3.63, 3.8) is 0 Å². The number of hydrogen-bond donors (Lipinski definition) is 2. The predicted octanol–water partition coefficient (Wildman–Crippen LogP) is 3.55. The first kappa shape index (κ1) is 18.7. The minimum Gasteiger partial charge on any atom is -0.444 e. The van der Waals surface area contributed by atoms with Crippen molar-refractivity contribution in [3.8, 4) is 11.8 Å². The second kappa shape index (κ2) is 7.27. The molecule has 1 amide bonds. The zero-order valence-corrected chi connectivity index (χ0v) is 13.2. The summed E-state index contributed by atoms with van der Waals surface area (Å²) in [4.78, 5) is 11.4. The van der Waals surface area contributed by atoms with Crippen molar-refractivity contribution in [3.05, 3.63) is 29.3 Å². The Balaban J connectivity index is 2.63. The molecule has 0 heterocycles. The third kappa shape index (κ3) is 6.96. The molecular formula is C16H19F3N2O2. The van der Waals surface area contributed by atoms with E-state index in [1.807, 2.05) is 0 Å². The van der Waals surface area contributed by atoms with E-state index in [1.54, 1.807) is 20.8 Å². The summed E-state index contributed by atoms with van der Waals surface area (Å²) in [7, 11) is 0. The number of nitrogen functional groups attached to an aromatic ring is 1. The van der Waals surface area contributed by atoms with Crippen LogP contribution in [0.5, 0.6) is 0 Å². The second-order valence-electron chi connectivity index (χ2n) is 5.78. The molecule has 0 aliphatic carbocycles. The molecule has 23 heavy (non-hydrogen) atoms. The lowest BCUT2D eigenvalue weighted by atomic mass is 10.1. The van der Waals surface area contributed by atoms with E-state index in [4.69, 9.17) is 10.5 Å². The first-order chi connectivity index (χ1) is 10.5. The van der Waals surface area contributed by atoms with Crippen molar-refractivity contribution in [2.45, 2.75) is 39.0 Å². The molecule has 0 aromatic heterocycles. The normalized spacial score (nSPS) is 11.4. The van der Waals surface area contributed by atoms with Crippen molar-refractivity contribution >= 4 is 11.8 Å². The fraction of sp³-hybridized carbons (Fsp3) is 0.438. The molecule has 1 rings (SSSR count). The molecule has 0 saturated heterocycles. The largest absolute Gasteiger partial charge is 0.444 e. The van der Waals surface area contributed by atoms with Gasteiger partial charge in [0.2, 0.25) is 0 Å². The van der Waals surface area contributed by atoms with Crippen molar-refractivity contribution in [1.29, 1.82) is 0 Å². The maximum absolute atomic E-state index is 12.9. The van der Waals surface area contributed by atoms with Crippen LogP contribution in [0.2, 0.25) is 0 Å². The van der Waals surface area contributed by atoms with Gasteiger partial charge in [-0.05, 0) is 39.0 Å². The Labute approximate surface area is 133 Å². The Bertz CT molecular complexity index is 623. The van der Waals surface area contributed by atoms with Gasteiger partial charge in [0.15, 0.2) is 0 Å². The number of carbonyl (C=O) groups excluding carboxylic acids is 1. The molecule has 7 heteroatoms. The number of nitrogens with one attached hydrogen (secondary N) is 1. The van der Waals surface area contributed by atoms with Gasteiger partial charge in [-0.2, -0.15) is 13.2 Å². The van der Waals surface area contributed by atoms with Crippen LogP contribution in [0.25, 0.3) is 0 Å². The molecule has 0 atom stereocenters. The Morgan fingerprint density at radius 3 is 2.52 bits per heavy atom. The van der Waals surface area contributed by atoms with Crippen LogP contribution in [0.15, 0.2) is 18.2 Å². The number of nitrogens with two attached hydrogens (primary N) is 1. The van der Waals surface area contributed by atoms with Crippen molar-refractivity contribution in [2.24, 2.45) is 0 Å². The topological polar surface area (TPSA) is 64.3 Å². The summed E-state index contributed by atoms with van der Waals surface area (Å²) >= 11 is 0. The molecule has 0 radical (unpaired) electrons. The standard InChI is InChI=1S/C16H19F3N2O2/c1-15(2,3)23-14(22)21-9-5-4-6-11-7-8-12(20)10-13(11)16(17,18)19/h7-8,10H,5,9,20H2,1-3H3,(H,21,22). The molecule has 0 saturated carbocycles. The van der Waals surface area contributed by atoms with Gasteiger partial charge >= 0.3 is 12.3 Å². The van der Waals surface area contributed by atoms with E-state index in [0.717, 1.165) is 6.07 Å². The zero-order chi connectivity index (χ0) is 17.7. The van der Waals surface area contributed by atoms with Crippen molar-refractivity contribution in [2.75, 3.05) is 12.3 Å². The predicted molar refractivity (Wildman–Crippen MR) is 81.6 cm³/mol. The average molecular weight is 328 g/mol. The lowest BCUT2D eigenvalue weighted by molar-refractivity contribution is -0.137. The number of rotatable bonds is 2. The van der Waals surface area contributed by atoms with E-state index in [-0.39, 0.29) is 24.2 Å². The average Bonchev–Trinajstić information content (AvgIpc) is 2.36. The van der Waals surface area contributed by atoms with Crippen molar-refractivity contribution in [1.82, 2.24) is 5.32 Å². The number of benzene rings is 1. The fourth-order valence-corrected chi connectivity index (χ4v) is 1.60. The Morgan fingerprint density at radius 2 is 1.96 bits per heavy atom. The van der Waals surface area contributed by atoms with Gasteiger partial charge in [0.05, 0.1) is 5.56 Å². The Hall–Kier alpha value is -2.36. The first-order valence-corrected chi connectivity index (χ1v) is 6.91. The van der Waals surface area contributed by atoms with Gasteiger partial charge in [-0.3, -0.25) is 0 Å². The van der Waals surface area contributed by atoms with Gasteiger partial charge in [-0.15, -0.1) is 0 Å². The maximum atomic E-state index is 12.9. The van der Waals surface area contributed by atoms with Crippen molar-refractivity contribution < 1.29 is 22.7 Å². The van der Waals surface area contributed by atoms with E-state index in [1.165, 1.54) is 12.1 Å². The molecule has 1 aromatic rings. The minimum atomic E-state index is -4.52. The van der Waals surface area contributed by atoms with Crippen LogP contribution in [0.3, 0.4) is 0 Å². The number of amides is 1. The minimum absolute atomic E-state index is 0.0227. The molecule has 4 nitrogen and oxygen atoms in total. The van der Waals surface area contributed by atoms with Gasteiger partial charge in [0.1, 0.15) is 5.60 Å². The van der Waals surface area contributed by atoms with Crippen LogP contribution in [0.4, 0.5) is 23.7 Å². The first-order valence-electron chi connectivity index (χ1n) is 6.91. The van der Waals surface area contributed by atoms with Crippen LogP contribution in [-0.4, -0.2) is 18.2 Å². The van der Waals surface area contributed by atoms with Crippen LogP contribution < -0.4 is 11.1 Å². The zero-order valence-electron chi connectivity index (χ0n) is 13.2. The summed E-state index contributed by atoms with van der Waals surface area (Å²) in [6.45, 7) is 5.36. The molecule has 0 fully saturated rings. The number of anilines is 1. The molecular weight excluding hydrogens is 309 g/mol. The lowest BCUT2D eigenvalue weighted by Gasteiger charge is -2.19. The summed E-state index contributed by atoms with van der Waals surface area (Å²) in [6, 6.07) is 3.44. The number of hydrogen-bond acceptors (Lipinski definition) is 3. The SMILES string of the molecule is CC(C)(C)OC(=O)NCCC#Cc1ccc(N)cc1C(F)(F)F. The number of halogens is 3. The number of carbonyl (C=O) groups is 1. The summed E-state index contributed by atoms with van der Waals surface area (Å²) < 4.78 is 43.6. The van der Waals surface area contributed by atoms with E-state index in [9.17, 15) is 18.0 Å². The highest BCUT2D eigenvalue weighted by Gasteiger charge is 2.33. The van der Waals surface area contributed by atoms with Crippen LogP contribution in [-0.2, 0) is 10.9 Å². The van der Waals surface area contributed by atoms with Gasteiger partial charge in [0, 0.05) is 24.2 Å². The van der Waals surface area contributed by atoms with Crippen LogP contribution in [0.1, 0.15) is 38.3 Å². The third-order valence-corrected chi connectivity index (χ3v) is 2.49. The molecule has 1 aromatic carbocycles. The molecule has 126 valence electrons. The smallest absolute Gasteiger partial charge is 0.417 e. The summed E-state index contributed by atoms with van der Waals surface area (Å²) in [5.41, 5.74) is 3.77. The van der Waals surface area contributed by atoms with E-state index >= 15 is 0 Å². The van der Waals surface area contributed by atoms with E-state index < -0.39 is 23.4 Å². The monoisotopic (exact) mass is 328 g/mol. The van der Waals surface area contributed by atoms with Crippen LogP contribution in [0, 0.1) is 11.8 Å². The molecule has 3 N–H and O–H groups in total. The number of alkyl halides is 3. The molecule has 0 spiro atoms. The second-order valence-corrected chi connectivity index (χ2v) is 5.78. The van der Waals surface area contributed by atoms with E-state index in [0.29, 0.717) is 0 Å². The maximum Gasteiger partial charge on any atom is 0.417 e. The fourth-order valence-electron chi connectivity index (χ4n) is 1.60. The van der Waals surface area contributed by atoms with Crippen LogP contribution >= 0.6 is 0 Å². The highest BCUT2D eigenvalue weighted by atomic mass is 19.4. The number of alkyl carbamates (subject to hydrolysis) is 1. The Kier molecular flexibility index (Phi) is 5.91. The Morgan fingerprint density at radius 1 is 1.30 bits per heavy atom. The molecule has 0 bridgehead atoms. The quantitative estimate of drug-likeness (QED) is 0.496. The highest BCUT2D eigenvalue weighted by Crippen LogP contribution is 2.32. The molecule has 0 unspecified atom stereocenters. The van der Waals surface area contributed by atoms with E-state index in [2.05, 4.69) is 17.2 Å². The summed E-state index contributed by atoms with van der Waals surface area (Å²) in [5.74, 6) is 5.04. The van der Waals surface area contributed by atoms with Gasteiger partial charge in [-0.1, -0.05) is 11.8 Å². The van der Waals surface area contributed by atoms with Gasteiger partial charge in [-0.25, -0.2) is 4.79 Å². The third-order valence-electron chi connectivity index (χ3n) is 2.49. The summed E-state index contributed by atoms with van der Waals surface area (Å²) in [5, 5.41) is 2.47. The summed E-state index contributed by atoms with van der Waals surface area (Å²) in [6.07, 6.45) is -4.92. The number of ether oxygens (including phenoxy) is 1. The molecule has 0 aliphatic rings.